The van der Waals surface area contributed by atoms with Crippen LogP contribution in [0.1, 0.15) is 10.4 Å². The number of nitrogens with one attached hydrogen (secondary N) is 1. The van der Waals surface area contributed by atoms with Gasteiger partial charge in [0.1, 0.15) is 5.75 Å². The Labute approximate surface area is 143 Å². The van der Waals surface area contributed by atoms with Gasteiger partial charge in [0, 0.05) is 29.8 Å². The van der Waals surface area contributed by atoms with Gasteiger partial charge in [0.2, 0.25) is 0 Å². The molecule has 0 unspecified atom stereocenters. The summed E-state index contributed by atoms with van der Waals surface area (Å²) in [6.07, 6.45) is 0. The molecule has 0 radical (unpaired) electrons. The number of hydrogen-bond donors (Lipinski definition) is 1. The summed E-state index contributed by atoms with van der Waals surface area (Å²) < 4.78 is 6.30. The molecule has 2 amide bonds. The molecule has 0 aliphatic rings. The Kier molecular flexibility index (Phi) is 5.76. The highest BCUT2D eigenvalue weighted by Crippen LogP contribution is 2.17. The second kappa shape index (κ2) is 7.78. The maximum Gasteiger partial charge on any atom is 0.259 e. The van der Waals surface area contributed by atoms with E-state index in [9.17, 15) is 9.59 Å². The lowest BCUT2D eigenvalue weighted by Gasteiger charge is -2.11. The third kappa shape index (κ3) is 5.10. The van der Waals surface area contributed by atoms with Gasteiger partial charge in [-0.15, -0.1) is 0 Å². The lowest BCUT2D eigenvalue weighted by atomic mass is 10.2. The van der Waals surface area contributed by atoms with Gasteiger partial charge in [-0.25, -0.2) is 0 Å². The molecule has 0 aliphatic carbocycles. The number of carbonyl (C=O) groups is 2. The highest BCUT2D eigenvalue weighted by molar-refractivity contribution is 9.10. The summed E-state index contributed by atoms with van der Waals surface area (Å²) in [6.45, 7) is -0.0163. The summed E-state index contributed by atoms with van der Waals surface area (Å²) in [5.41, 5.74) is 1.23. The highest BCUT2D eigenvalue weighted by atomic mass is 79.9. The van der Waals surface area contributed by atoms with Crippen LogP contribution in [0.3, 0.4) is 0 Å². The molecule has 2 rings (SSSR count). The number of carbonyl (C=O) groups excluding carboxylic acids is 2. The molecule has 5 nitrogen and oxygen atoms in total. The fourth-order valence-corrected chi connectivity index (χ4v) is 1.98. The first kappa shape index (κ1) is 17.0. The molecule has 0 aliphatic heterocycles. The van der Waals surface area contributed by atoms with E-state index < -0.39 is 0 Å². The molecule has 0 heterocycles. The van der Waals surface area contributed by atoms with Crippen LogP contribution in [0.2, 0.25) is 0 Å². The van der Waals surface area contributed by atoms with Crippen molar-refractivity contribution in [3.63, 3.8) is 0 Å². The fourth-order valence-electron chi connectivity index (χ4n) is 1.71. The van der Waals surface area contributed by atoms with Crippen molar-refractivity contribution in [2.45, 2.75) is 0 Å². The molecular weight excluding hydrogens is 360 g/mol. The quantitative estimate of drug-likeness (QED) is 0.871. The minimum absolute atomic E-state index is 0.0163. The second-order valence-electron chi connectivity index (χ2n) is 5.06. The standard InChI is InChI=1S/C17H17BrN2O3/c1-20(2)16(21)11-23-15-9-7-14(8-10-15)19-17(22)12-3-5-13(18)6-4-12/h3-10H,11H2,1-2H3,(H,19,22). The summed E-state index contributed by atoms with van der Waals surface area (Å²) in [5, 5.41) is 2.80. The van der Waals surface area contributed by atoms with E-state index in [2.05, 4.69) is 21.2 Å². The molecule has 0 spiro atoms. The molecule has 0 atom stereocenters. The van der Waals surface area contributed by atoms with Gasteiger partial charge in [0.25, 0.3) is 11.8 Å². The number of halogens is 1. The lowest BCUT2D eigenvalue weighted by molar-refractivity contribution is -0.130. The summed E-state index contributed by atoms with van der Waals surface area (Å²) in [7, 11) is 3.35. The Morgan fingerprint density at radius 1 is 1.04 bits per heavy atom. The van der Waals surface area contributed by atoms with Gasteiger partial charge in [-0.2, -0.15) is 0 Å². The molecule has 0 bridgehead atoms. The van der Waals surface area contributed by atoms with Crippen LogP contribution in [0, 0.1) is 0 Å². The molecule has 0 fully saturated rings. The van der Waals surface area contributed by atoms with E-state index in [-0.39, 0.29) is 18.4 Å². The van der Waals surface area contributed by atoms with Crippen LogP contribution in [0.4, 0.5) is 5.69 Å². The first-order valence-electron chi connectivity index (χ1n) is 6.95. The number of anilines is 1. The molecule has 6 heteroatoms. The topological polar surface area (TPSA) is 58.6 Å². The monoisotopic (exact) mass is 376 g/mol. The number of rotatable bonds is 5. The molecule has 0 saturated carbocycles. The molecular formula is C17H17BrN2O3. The van der Waals surface area contributed by atoms with E-state index in [4.69, 9.17) is 4.74 Å². The Hall–Kier alpha value is -2.34. The van der Waals surface area contributed by atoms with Crippen molar-refractivity contribution in [2.75, 3.05) is 26.0 Å². The normalized spacial score (nSPS) is 10.0. The van der Waals surface area contributed by atoms with Gasteiger partial charge in [0.05, 0.1) is 0 Å². The summed E-state index contributed by atoms with van der Waals surface area (Å²) >= 11 is 3.33. The van der Waals surface area contributed by atoms with Crippen LogP contribution in [0.25, 0.3) is 0 Å². The number of likely N-dealkylation sites (N-methyl/N-ethyl adjacent to an activating group) is 1. The fraction of sp³-hybridized carbons (Fsp3) is 0.176. The molecule has 1 N–H and O–H groups in total. The Morgan fingerprint density at radius 3 is 2.22 bits per heavy atom. The Bertz CT molecular complexity index is 682. The van der Waals surface area contributed by atoms with Crippen molar-refractivity contribution in [3.8, 4) is 5.75 Å². The third-order valence-corrected chi connectivity index (χ3v) is 3.61. The zero-order chi connectivity index (χ0) is 16.8. The van der Waals surface area contributed by atoms with Crippen LogP contribution in [-0.4, -0.2) is 37.4 Å². The van der Waals surface area contributed by atoms with Crippen LogP contribution in [0.5, 0.6) is 5.75 Å². The molecule has 120 valence electrons. The lowest BCUT2D eigenvalue weighted by Crippen LogP contribution is -2.27. The average Bonchev–Trinajstić information content (AvgIpc) is 2.54. The predicted octanol–water partition coefficient (Wildman–Crippen LogP) is 3.17. The van der Waals surface area contributed by atoms with Crippen molar-refractivity contribution in [1.29, 1.82) is 0 Å². The maximum absolute atomic E-state index is 12.1. The first-order valence-corrected chi connectivity index (χ1v) is 7.75. The minimum Gasteiger partial charge on any atom is -0.484 e. The zero-order valence-electron chi connectivity index (χ0n) is 12.9. The predicted molar refractivity (Wildman–Crippen MR) is 92.7 cm³/mol. The van der Waals surface area contributed by atoms with Crippen molar-refractivity contribution < 1.29 is 14.3 Å². The van der Waals surface area contributed by atoms with Gasteiger partial charge in [-0.3, -0.25) is 9.59 Å². The SMILES string of the molecule is CN(C)C(=O)COc1ccc(NC(=O)c2ccc(Br)cc2)cc1. The van der Waals surface area contributed by atoms with E-state index in [1.807, 2.05) is 12.1 Å². The zero-order valence-corrected chi connectivity index (χ0v) is 14.5. The highest BCUT2D eigenvalue weighted by Gasteiger charge is 2.07. The third-order valence-electron chi connectivity index (χ3n) is 3.08. The number of ether oxygens (including phenoxy) is 1. The molecule has 0 saturated heterocycles. The number of amides is 2. The van der Waals surface area contributed by atoms with E-state index in [0.29, 0.717) is 17.0 Å². The van der Waals surface area contributed by atoms with Crippen molar-refractivity contribution >= 4 is 33.4 Å². The maximum atomic E-state index is 12.1. The number of hydrogen-bond acceptors (Lipinski definition) is 3. The van der Waals surface area contributed by atoms with Crippen LogP contribution >= 0.6 is 15.9 Å². The summed E-state index contributed by atoms with van der Waals surface area (Å²) in [6, 6.07) is 14.0. The summed E-state index contributed by atoms with van der Waals surface area (Å²) in [5.74, 6) is 0.272. The van der Waals surface area contributed by atoms with Gasteiger partial charge in [-0.1, -0.05) is 15.9 Å². The van der Waals surface area contributed by atoms with E-state index in [1.54, 1.807) is 50.5 Å². The largest absolute Gasteiger partial charge is 0.484 e. The minimum atomic E-state index is -0.186. The second-order valence-corrected chi connectivity index (χ2v) is 5.98. The average molecular weight is 377 g/mol. The molecule has 0 aromatic heterocycles. The Balaban J connectivity index is 1.93. The van der Waals surface area contributed by atoms with Gasteiger partial charge in [0.15, 0.2) is 6.61 Å². The van der Waals surface area contributed by atoms with Crippen LogP contribution in [-0.2, 0) is 4.79 Å². The van der Waals surface area contributed by atoms with E-state index >= 15 is 0 Å². The Morgan fingerprint density at radius 2 is 1.65 bits per heavy atom. The smallest absolute Gasteiger partial charge is 0.259 e. The van der Waals surface area contributed by atoms with Crippen molar-refractivity contribution in [1.82, 2.24) is 4.90 Å². The molecule has 2 aromatic carbocycles. The molecule has 23 heavy (non-hydrogen) atoms. The summed E-state index contributed by atoms with van der Waals surface area (Å²) in [4.78, 5) is 25.0. The molecule has 2 aromatic rings. The van der Waals surface area contributed by atoms with E-state index in [1.165, 1.54) is 4.90 Å². The van der Waals surface area contributed by atoms with E-state index in [0.717, 1.165) is 4.47 Å². The van der Waals surface area contributed by atoms with Crippen molar-refractivity contribution in [2.24, 2.45) is 0 Å². The first-order chi connectivity index (χ1) is 11.0. The van der Waals surface area contributed by atoms with Gasteiger partial charge < -0.3 is 15.0 Å². The van der Waals surface area contributed by atoms with Gasteiger partial charge in [-0.05, 0) is 48.5 Å². The number of benzene rings is 2. The van der Waals surface area contributed by atoms with Crippen LogP contribution < -0.4 is 10.1 Å². The van der Waals surface area contributed by atoms with Crippen LogP contribution in [0.15, 0.2) is 53.0 Å². The van der Waals surface area contributed by atoms with Crippen molar-refractivity contribution in [3.05, 3.63) is 58.6 Å². The number of nitrogens with zero attached hydrogens (tertiary/aromatic N) is 1. The van der Waals surface area contributed by atoms with Gasteiger partial charge >= 0.3 is 0 Å².